The summed E-state index contributed by atoms with van der Waals surface area (Å²) in [5, 5.41) is 18.0. The molecule has 7 nitrogen and oxygen atoms in total. The first-order valence-electron chi connectivity index (χ1n) is 7.05. The molecule has 7 heteroatoms. The number of nitrogens with one attached hydrogen (secondary N) is 1. The highest BCUT2D eigenvalue weighted by atomic mass is 16.5. The number of benzene rings is 1. The number of para-hydroxylation sites is 1. The number of nitrogens with zero attached hydrogens (tertiary/aromatic N) is 1. The summed E-state index contributed by atoms with van der Waals surface area (Å²) in [5.74, 6) is -1.79. The van der Waals surface area contributed by atoms with Gasteiger partial charge < -0.3 is 20.3 Å². The molecule has 0 aromatic heterocycles. The van der Waals surface area contributed by atoms with Crippen molar-refractivity contribution in [2.45, 2.75) is 19.4 Å². The smallest absolute Gasteiger partial charge is 0.414 e. The monoisotopic (exact) mass is 320 g/mol. The Balaban J connectivity index is 0.000000379. The van der Waals surface area contributed by atoms with Crippen LogP contribution in [-0.2, 0) is 16.0 Å². The molecule has 1 aromatic carbocycles. The highest BCUT2D eigenvalue weighted by Crippen LogP contribution is 2.20. The van der Waals surface area contributed by atoms with E-state index < -0.39 is 11.9 Å². The van der Waals surface area contributed by atoms with Crippen molar-refractivity contribution in [1.29, 1.82) is 0 Å². The highest BCUT2D eigenvalue weighted by molar-refractivity contribution is 6.27. The first-order chi connectivity index (χ1) is 11.0. The van der Waals surface area contributed by atoms with Crippen molar-refractivity contribution in [3.8, 4) is 5.75 Å². The number of aliphatic imine (C=N–C) groups is 1. The molecular weight excluding hydrogens is 300 g/mol. The lowest BCUT2D eigenvalue weighted by molar-refractivity contribution is -0.159. The van der Waals surface area contributed by atoms with Crippen LogP contribution >= 0.6 is 0 Å². The van der Waals surface area contributed by atoms with E-state index in [-0.39, 0.29) is 6.10 Å². The minimum absolute atomic E-state index is 0.0246. The summed E-state index contributed by atoms with van der Waals surface area (Å²) in [7, 11) is 0. The van der Waals surface area contributed by atoms with E-state index in [1.807, 2.05) is 31.2 Å². The fourth-order valence-electron chi connectivity index (χ4n) is 1.88. The SMILES string of the molecule is C=CCc1ccccc1OC(C)C1=NCCN1.O=C(O)C(=O)O. The second-order valence-electron chi connectivity index (χ2n) is 4.66. The molecule has 0 saturated carbocycles. The molecule has 1 aliphatic rings. The van der Waals surface area contributed by atoms with E-state index in [1.54, 1.807) is 0 Å². The lowest BCUT2D eigenvalue weighted by Crippen LogP contribution is -2.33. The van der Waals surface area contributed by atoms with Crippen LogP contribution in [0.1, 0.15) is 12.5 Å². The summed E-state index contributed by atoms with van der Waals surface area (Å²) < 4.78 is 5.94. The van der Waals surface area contributed by atoms with Crippen LogP contribution in [0, 0.1) is 0 Å². The van der Waals surface area contributed by atoms with Gasteiger partial charge in [0.05, 0.1) is 6.54 Å². The Hall–Kier alpha value is -2.83. The Morgan fingerprint density at radius 2 is 2.04 bits per heavy atom. The molecule has 1 unspecified atom stereocenters. The van der Waals surface area contributed by atoms with Crippen molar-refractivity contribution in [3.05, 3.63) is 42.5 Å². The van der Waals surface area contributed by atoms with Gasteiger partial charge in [-0.05, 0) is 25.0 Å². The summed E-state index contributed by atoms with van der Waals surface area (Å²) in [4.78, 5) is 22.6. The van der Waals surface area contributed by atoms with E-state index in [2.05, 4.69) is 23.0 Å². The number of aliphatic carboxylic acids is 2. The van der Waals surface area contributed by atoms with Crippen LogP contribution in [0.25, 0.3) is 0 Å². The molecule has 23 heavy (non-hydrogen) atoms. The molecule has 1 aliphatic heterocycles. The standard InChI is InChI=1S/C14H18N2O.C2H2O4/c1-3-6-12-7-4-5-8-13(12)17-11(2)14-15-9-10-16-14;3-1(4)2(5)6/h3-5,7-8,11H,1,6,9-10H2,2H3,(H,15,16);(H,3,4)(H,5,6). The number of allylic oxidation sites excluding steroid dienone is 1. The van der Waals surface area contributed by atoms with Crippen molar-refractivity contribution >= 4 is 17.8 Å². The Morgan fingerprint density at radius 1 is 1.39 bits per heavy atom. The zero-order chi connectivity index (χ0) is 17.2. The number of carboxylic acid groups (broad SMARTS) is 2. The molecule has 0 spiro atoms. The predicted octanol–water partition coefficient (Wildman–Crippen LogP) is 1.34. The average Bonchev–Trinajstić information content (AvgIpc) is 3.04. The van der Waals surface area contributed by atoms with Crippen LogP contribution in [0.5, 0.6) is 5.75 Å². The van der Waals surface area contributed by atoms with Crippen LogP contribution in [0.3, 0.4) is 0 Å². The van der Waals surface area contributed by atoms with Gasteiger partial charge in [-0.25, -0.2) is 9.59 Å². The first-order valence-corrected chi connectivity index (χ1v) is 7.05. The summed E-state index contributed by atoms with van der Waals surface area (Å²) in [6.07, 6.45) is 2.68. The maximum absolute atomic E-state index is 9.10. The molecule has 124 valence electrons. The highest BCUT2D eigenvalue weighted by Gasteiger charge is 2.16. The predicted molar refractivity (Wildman–Crippen MR) is 86.0 cm³/mol. The van der Waals surface area contributed by atoms with E-state index in [0.29, 0.717) is 0 Å². The van der Waals surface area contributed by atoms with E-state index >= 15 is 0 Å². The van der Waals surface area contributed by atoms with Gasteiger partial charge in [-0.1, -0.05) is 24.3 Å². The van der Waals surface area contributed by atoms with Crippen LogP contribution < -0.4 is 10.1 Å². The zero-order valence-electron chi connectivity index (χ0n) is 12.9. The number of rotatable bonds is 5. The molecule has 1 atom stereocenters. The largest absolute Gasteiger partial charge is 0.483 e. The van der Waals surface area contributed by atoms with Gasteiger partial charge in [0.1, 0.15) is 11.6 Å². The molecule has 0 aliphatic carbocycles. The maximum Gasteiger partial charge on any atom is 0.414 e. The second-order valence-corrected chi connectivity index (χ2v) is 4.66. The normalized spacial score (nSPS) is 13.7. The third-order valence-corrected chi connectivity index (χ3v) is 2.91. The van der Waals surface area contributed by atoms with Gasteiger partial charge >= 0.3 is 11.9 Å². The Morgan fingerprint density at radius 3 is 2.57 bits per heavy atom. The second kappa shape index (κ2) is 9.24. The van der Waals surface area contributed by atoms with Crippen LogP contribution in [0.4, 0.5) is 0 Å². The topological polar surface area (TPSA) is 108 Å². The van der Waals surface area contributed by atoms with Gasteiger partial charge in [0, 0.05) is 6.54 Å². The lowest BCUT2D eigenvalue weighted by Gasteiger charge is -2.17. The van der Waals surface area contributed by atoms with Crippen molar-refractivity contribution in [3.63, 3.8) is 0 Å². The molecule has 3 N–H and O–H groups in total. The number of amidine groups is 1. The van der Waals surface area contributed by atoms with E-state index in [1.165, 1.54) is 0 Å². The summed E-state index contributed by atoms with van der Waals surface area (Å²) in [5.41, 5.74) is 1.16. The van der Waals surface area contributed by atoms with Gasteiger partial charge in [-0.3, -0.25) is 4.99 Å². The third kappa shape index (κ3) is 6.21. The Bertz CT molecular complexity index is 586. The van der Waals surface area contributed by atoms with Gasteiger partial charge in [0.25, 0.3) is 0 Å². The molecule has 0 bridgehead atoms. The van der Waals surface area contributed by atoms with Gasteiger partial charge in [0.2, 0.25) is 0 Å². The number of ether oxygens (including phenoxy) is 1. The van der Waals surface area contributed by atoms with Crippen LogP contribution in [0.15, 0.2) is 41.9 Å². The Kier molecular flexibility index (Phi) is 7.32. The molecule has 2 rings (SSSR count). The number of hydrogen-bond acceptors (Lipinski definition) is 5. The average molecular weight is 320 g/mol. The summed E-state index contributed by atoms with van der Waals surface area (Å²) >= 11 is 0. The minimum atomic E-state index is -1.82. The van der Waals surface area contributed by atoms with Gasteiger partial charge in [-0.2, -0.15) is 0 Å². The fourth-order valence-corrected chi connectivity index (χ4v) is 1.88. The first kappa shape index (κ1) is 18.2. The fraction of sp³-hybridized carbons (Fsp3) is 0.312. The number of hydrogen-bond donors (Lipinski definition) is 3. The quantitative estimate of drug-likeness (QED) is 0.558. The molecule has 0 radical (unpaired) electrons. The zero-order valence-corrected chi connectivity index (χ0v) is 12.9. The van der Waals surface area contributed by atoms with Crippen molar-refractivity contribution < 1.29 is 24.5 Å². The molecule has 0 saturated heterocycles. The molecule has 0 amide bonds. The van der Waals surface area contributed by atoms with Crippen LogP contribution in [0.2, 0.25) is 0 Å². The summed E-state index contributed by atoms with van der Waals surface area (Å²) in [6, 6.07) is 8.05. The summed E-state index contributed by atoms with van der Waals surface area (Å²) in [6.45, 7) is 7.54. The number of carboxylic acids is 2. The molecule has 0 fully saturated rings. The van der Waals surface area contributed by atoms with Crippen molar-refractivity contribution in [1.82, 2.24) is 5.32 Å². The lowest BCUT2D eigenvalue weighted by atomic mass is 10.1. The minimum Gasteiger partial charge on any atom is -0.483 e. The van der Waals surface area contributed by atoms with E-state index in [0.717, 1.165) is 36.7 Å². The van der Waals surface area contributed by atoms with E-state index in [4.69, 9.17) is 24.5 Å². The molecule has 1 heterocycles. The van der Waals surface area contributed by atoms with Crippen LogP contribution in [-0.4, -0.2) is 47.2 Å². The van der Waals surface area contributed by atoms with Crippen molar-refractivity contribution in [2.75, 3.05) is 13.1 Å². The molecule has 1 aromatic rings. The van der Waals surface area contributed by atoms with Crippen molar-refractivity contribution in [2.24, 2.45) is 4.99 Å². The molecular formula is C16H20N2O5. The third-order valence-electron chi connectivity index (χ3n) is 2.91. The van der Waals surface area contributed by atoms with Gasteiger partial charge in [0.15, 0.2) is 6.10 Å². The maximum atomic E-state index is 9.10. The number of carbonyl (C=O) groups is 2. The van der Waals surface area contributed by atoms with E-state index in [9.17, 15) is 0 Å². The Labute approximate surface area is 134 Å². The van der Waals surface area contributed by atoms with Gasteiger partial charge in [-0.15, -0.1) is 6.58 Å².